The van der Waals surface area contributed by atoms with E-state index in [-0.39, 0.29) is 0 Å². The van der Waals surface area contributed by atoms with Crippen LogP contribution >= 0.6 is 0 Å². The van der Waals surface area contributed by atoms with Crippen molar-refractivity contribution in [3.8, 4) is 44.5 Å². The molecule has 8 aromatic carbocycles. The maximum atomic E-state index is 6.32. The Hall–Kier alpha value is -6.44. The highest BCUT2D eigenvalue weighted by Crippen LogP contribution is 2.46. The number of benzene rings is 8. The van der Waals surface area contributed by atoms with Crippen LogP contribution < -0.4 is 0 Å². The second-order valence-corrected chi connectivity index (χ2v) is 13.5. The number of allylic oxidation sites excluding steroid dienone is 4. The monoisotopic (exact) mass is 650 g/mol. The van der Waals surface area contributed by atoms with E-state index in [2.05, 4.69) is 176 Å². The lowest BCUT2D eigenvalue weighted by Crippen LogP contribution is -1.93. The van der Waals surface area contributed by atoms with Crippen LogP contribution in [0.2, 0.25) is 0 Å². The molecule has 1 aliphatic carbocycles. The fourth-order valence-corrected chi connectivity index (χ4v) is 8.14. The van der Waals surface area contributed by atoms with E-state index in [1.54, 1.807) is 0 Å². The highest BCUT2D eigenvalue weighted by molar-refractivity contribution is 6.22. The van der Waals surface area contributed by atoms with Crippen LogP contribution in [-0.4, -0.2) is 0 Å². The van der Waals surface area contributed by atoms with Crippen LogP contribution in [-0.2, 0) is 0 Å². The molecule has 1 aromatic heterocycles. The molecule has 0 N–H and O–H groups in total. The van der Waals surface area contributed by atoms with Crippen LogP contribution in [0.4, 0.5) is 0 Å². The standard InChI is InChI=1S/C50H34O/c1-3-12-33(13-4-1)35-22-26-37(27-23-35)48-41-16-7-8-17-42(41)49(38-28-24-36(25-29-38)34-14-5-2-6-15-34)45-32-39(30-31-43(45)48)40-19-11-21-47-50(40)44-18-9-10-20-46(44)51-47/h1-3,5-12,14-32H,4,13H2. The van der Waals surface area contributed by atoms with Crippen molar-refractivity contribution in [1.82, 2.24) is 0 Å². The summed E-state index contributed by atoms with van der Waals surface area (Å²) in [6, 6.07) is 59.7. The molecule has 0 saturated heterocycles. The number of fused-ring (bicyclic) bond motifs is 5. The third-order valence-corrected chi connectivity index (χ3v) is 10.6. The molecular formula is C50H34O. The SMILES string of the molecule is C1=CCCC(c2ccc(-c3c4ccccc4c(-c4ccc(-c5ccccc5)cc4)c4cc(-c5cccc6oc7ccccc7c56)ccc34)cc2)=C1. The maximum absolute atomic E-state index is 6.32. The lowest BCUT2D eigenvalue weighted by Gasteiger charge is -2.19. The van der Waals surface area contributed by atoms with Crippen LogP contribution in [0.25, 0.3) is 93.6 Å². The van der Waals surface area contributed by atoms with Gasteiger partial charge in [-0.05, 0) is 108 Å². The minimum absolute atomic E-state index is 0.911. The first-order chi connectivity index (χ1) is 25.3. The van der Waals surface area contributed by atoms with Gasteiger partial charge in [0.25, 0.3) is 0 Å². The van der Waals surface area contributed by atoms with E-state index in [9.17, 15) is 0 Å². The van der Waals surface area contributed by atoms with Crippen molar-refractivity contribution < 1.29 is 4.42 Å². The molecule has 1 nitrogen and oxygen atoms in total. The van der Waals surface area contributed by atoms with E-state index < -0.39 is 0 Å². The van der Waals surface area contributed by atoms with Gasteiger partial charge in [-0.15, -0.1) is 0 Å². The average molecular weight is 651 g/mol. The second kappa shape index (κ2) is 12.2. The van der Waals surface area contributed by atoms with E-state index in [1.807, 2.05) is 6.07 Å². The average Bonchev–Trinajstić information content (AvgIpc) is 3.60. The summed E-state index contributed by atoms with van der Waals surface area (Å²) in [5, 5.41) is 7.29. The molecule has 0 radical (unpaired) electrons. The molecule has 1 heteroatoms. The molecule has 0 unspecified atom stereocenters. The van der Waals surface area contributed by atoms with Gasteiger partial charge in [-0.1, -0.05) is 164 Å². The molecule has 9 aromatic rings. The van der Waals surface area contributed by atoms with E-state index >= 15 is 0 Å². The number of hydrogen-bond donors (Lipinski definition) is 0. The Balaban J connectivity index is 1.24. The van der Waals surface area contributed by atoms with Crippen LogP contribution in [0.15, 0.2) is 186 Å². The van der Waals surface area contributed by atoms with Crippen molar-refractivity contribution in [3.63, 3.8) is 0 Å². The predicted octanol–water partition coefficient (Wildman–Crippen LogP) is 14.3. The van der Waals surface area contributed by atoms with E-state index in [1.165, 1.54) is 77.2 Å². The first-order valence-corrected chi connectivity index (χ1v) is 17.8. The summed E-state index contributed by atoms with van der Waals surface area (Å²) in [5.41, 5.74) is 14.3. The molecule has 0 amide bonds. The Morgan fingerprint density at radius 3 is 1.69 bits per heavy atom. The van der Waals surface area contributed by atoms with Gasteiger partial charge in [0.1, 0.15) is 11.2 Å². The van der Waals surface area contributed by atoms with Crippen LogP contribution in [0.5, 0.6) is 0 Å². The fraction of sp³-hybridized carbons (Fsp3) is 0.0400. The molecule has 240 valence electrons. The molecule has 1 heterocycles. The van der Waals surface area contributed by atoms with E-state index in [0.29, 0.717) is 0 Å². The van der Waals surface area contributed by atoms with Gasteiger partial charge in [-0.3, -0.25) is 0 Å². The normalized spacial score (nSPS) is 13.0. The van der Waals surface area contributed by atoms with Gasteiger partial charge in [0, 0.05) is 10.8 Å². The third-order valence-electron chi connectivity index (χ3n) is 10.6. The summed E-state index contributed by atoms with van der Waals surface area (Å²) in [6.07, 6.45) is 8.87. The predicted molar refractivity (Wildman–Crippen MR) is 217 cm³/mol. The quantitative estimate of drug-likeness (QED) is 0.169. The van der Waals surface area contributed by atoms with Crippen molar-refractivity contribution in [2.75, 3.05) is 0 Å². The smallest absolute Gasteiger partial charge is 0.136 e. The van der Waals surface area contributed by atoms with Gasteiger partial charge in [0.15, 0.2) is 0 Å². The lowest BCUT2D eigenvalue weighted by atomic mass is 9.84. The number of hydrogen-bond acceptors (Lipinski definition) is 1. The van der Waals surface area contributed by atoms with Gasteiger partial charge >= 0.3 is 0 Å². The Kier molecular flexibility index (Phi) is 7.03. The number of rotatable bonds is 5. The first kappa shape index (κ1) is 29.5. The topological polar surface area (TPSA) is 13.1 Å². The van der Waals surface area contributed by atoms with Crippen molar-refractivity contribution in [2.24, 2.45) is 0 Å². The Morgan fingerprint density at radius 2 is 0.961 bits per heavy atom. The summed E-state index contributed by atoms with van der Waals surface area (Å²) >= 11 is 0. The molecule has 0 aliphatic heterocycles. The first-order valence-electron chi connectivity index (χ1n) is 17.8. The zero-order valence-electron chi connectivity index (χ0n) is 28.1. The largest absolute Gasteiger partial charge is 0.456 e. The highest BCUT2D eigenvalue weighted by Gasteiger charge is 2.19. The molecule has 0 spiro atoms. The van der Waals surface area contributed by atoms with Gasteiger partial charge in [0.2, 0.25) is 0 Å². The summed E-state index contributed by atoms with van der Waals surface area (Å²) in [6.45, 7) is 0. The Labute approximate surface area is 297 Å². The third kappa shape index (κ3) is 5.01. The molecule has 51 heavy (non-hydrogen) atoms. The molecule has 1 aliphatic rings. The highest BCUT2D eigenvalue weighted by atomic mass is 16.3. The summed E-state index contributed by atoms with van der Waals surface area (Å²) in [5.74, 6) is 0. The Morgan fingerprint density at radius 1 is 0.392 bits per heavy atom. The molecule has 0 fully saturated rings. The summed E-state index contributed by atoms with van der Waals surface area (Å²) in [4.78, 5) is 0. The molecule has 10 rings (SSSR count). The summed E-state index contributed by atoms with van der Waals surface area (Å²) in [7, 11) is 0. The molecule has 0 bridgehead atoms. The maximum Gasteiger partial charge on any atom is 0.136 e. The van der Waals surface area contributed by atoms with Gasteiger partial charge in [-0.25, -0.2) is 0 Å². The van der Waals surface area contributed by atoms with Crippen molar-refractivity contribution in [2.45, 2.75) is 12.8 Å². The van der Waals surface area contributed by atoms with Crippen molar-refractivity contribution in [1.29, 1.82) is 0 Å². The van der Waals surface area contributed by atoms with Crippen LogP contribution in [0.3, 0.4) is 0 Å². The van der Waals surface area contributed by atoms with E-state index in [0.717, 1.165) is 34.8 Å². The van der Waals surface area contributed by atoms with Gasteiger partial charge in [0.05, 0.1) is 0 Å². The van der Waals surface area contributed by atoms with Crippen LogP contribution in [0.1, 0.15) is 18.4 Å². The molecular weight excluding hydrogens is 617 g/mol. The molecule has 0 saturated carbocycles. The Bertz CT molecular complexity index is 2810. The minimum atomic E-state index is 0.911. The minimum Gasteiger partial charge on any atom is -0.456 e. The van der Waals surface area contributed by atoms with E-state index in [4.69, 9.17) is 4.42 Å². The van der Waals surface area contributed by atoms with Crippen molar-refractivity contribution >= 4 is 49.1 Å². The van der Waals surface area contributed by atoms with Gasteiger partial charge in [-0.2, -0.15) is 0 Å². The fourth-order valence-electron chi connectivity index (χ4n) is 8.14. The van der Waals surface area contributed by atoms with Gasteiger partial charge < -0.3 is 4.42 Å². The number of para-hydroxylation sites is 1. The second-order valence-electron chi connectivity index (χ2n) is 13.5. The number of furan rings is 1. The molecule has 0 atom stereocenters. The van der Waals surface area contributed by atoms with Crippen LogP contribution in [0, 0.1) is 0 Å². The lowest BCUT2D eigenvalue weighted by molar-refractivity contribution is 0.669. The summed E-state index contributed by atoms with van der Waals surface area (Å²) < 4.78 is 6.32. The zero-order chi connectivity index (χ0) is 33.7. The zero-order valence-corrected chi connectivity index (χ0v) is 28.1. The van der Waals surface area contributed by atoms with Crippen molar-refractivity contribution in [3.05, 3.63) is 188 Å².